The normalized spacial score (nSPS) is 10.8. The lowest BCUT2D eigenvalue weighted by molar-refractivity contribution is 0.368. The van der Waals surface area contributed by atoms with Crippen molar-refractivity contribution in [1.82, 2.24) is 0 Å². The standard InChI is InChI=1S/C17H18O5/c1-21-13-6-11(7-14(10-13)22-2)4-3-5-12-8-15(18)17(20)16(19)9-12/h3,5-10,18-20H,4H2,1-2H3/b5-3+. The van der Waals surface area contributed by atoms with Crippen LogP contribution in [-0.4, -0.2) is 29.5 Å². The number of rotatable bonds is 5. The number of hydrogen-bond acceptors (Lipinski definition) is 5. The van der Waals surface area contributed by atoms with Gasteiger partial charge in [0.1, 0.15) is 11.5 Å². The summed E-state index contributed by atoms with van der Waals surface area (Å²) in [5, 5.41) is 28.2. The Morgan fingerprint density at radius 1 is 0.864 bits per heavy atom. The van der Waals surface area contributed by atoms with Gasteiger partial charge < -0.3 is 24.8 Å². The van der Waals surface area contributed by atoms with E-state index in [9.17, 15) is 15.3 Å². The van der Waals surface area contributed by atoms with Gasteiger partial charge in [-0.2, -0.15) is 0 Å². The van der Waals surface area contributed by atoms with Gasteiger partial charge in [-0.05, 0) is 41.8 Å². The largest absolute Gasteiger partial charge is 0.504 e. The molecule has 0 unspecified atom stereocenters. The summed E-state index contributed by atoms with van der Waals surface area (Å²) in [6.45, 7) is 0. The molecule has 0 saturated carbocycles. The van der Waals surface area contributed by atoms with Crippen molar-refractivity contribution in [2.24, 2.45) is 0 Å². The summed E-state index contributed by atoms with van der Waals surface area (Å²) < 4.78 is 10.4. The first kappa shape index (κ1) is 15.6. The number of allylic oxidation sites excluding steroid dienone is 1. The Hall–Kier alpha value is -2.82. The minimum atomic E-state index is -0.519. The van der Waals surface area contributed by atoms with Crippen LogP contribution in [0.2, 0.25) is 0 Å². The first-order valence-electron chi connectivity index (χ1n) is 6.67. The second-order valence-corrected chi connectivity index (χ2v) is 4.74. The van der Waals surface area contributed by atoms with Crippen molar-refractivity contribution in [2.45, 2.75) is 6.42 Å². The summed E-state index contributed by atoms with van der Waals surface area (Å²) in [5.41, 5.74) is 1.59. The lowest BCUT2D eigenvalue weighted by Crippen LogP contribution is -1.90. The Morgan fingerprint density at radius 3 is 1.91 bits per heavy atom. The predicted octanol–water partition coefficient (Wildman–Crippen LogP) is 3.08. The summed E-state index contributed by atoms with van der Waals surface area (Å²) >= 11 is 0. The Balaban J connectivity index is 2.15. The molecule has 2 aromatic rings. The zero-order valence-corrected chi connectivity index (χ0v) is 12.4. The van der Waals surface area contributed by atoms with E-state index >= 15 is 0 Å². The monoisotopic (exact) mass is 302 g/mol. The molecule has 0 aromatic heterocycles. The van der Waals surface area contributed by atoms with Crippen LogP contribution in [0.4, 0.5) is 0 Å². The lowest BCUT2D eigenvalue weighted by Gasteiger charge is -2.07. The minimum Gasteiger partial charge on any atom is -0.504 e. The topological polar surface area (TPSA) is 79.2 Å². The van der Waals surface area contributed by atoms with Gasteiger partial charge in [0.05, 0.1) is 14.2 Å². The lowest BCUT2D eigenvalue weighted by atomic mass is 10.1. The van der Waals surface area contributed by atoms with Crippen molar-refractivity contribution < 1.29 is 24.8 Å². The zero-order valence-electron chi connectivity index (χ0n) is 12.4. The molecule has 0 aliphatic carbocycles. The van der Waals surface area contributed by atoms with E-state index in [1.54, 1.807) is 26.4 Å². The zero-order chi connectivity index (χ0) is 16.1. The molecule has 0 bridgehead atoms. The summed E-state index contributed by atoms with van der Waals surface area (Å²) in [4.78, 5) is 0. The molecule has 0 aliphatic rings. The second-order valence-electron chi connectivity index (χ2n) is 4.74. The maximum Gasteiger partial charge on any atom is 0.200 e. The first-order chi connectivity index (χ1) is 10.5. The van der Waals surface area contributed by atoms with E-state index in [0.29, 0.717) is 23.5 Å². The smallest absolute Gasteiger partial charge is 0.200 e. The maximum absolute atomic E-state index is 9.46. The molecular formula is C17H18O5. The fourth-order valence-electron chi connectivity index (χ4n) is 2.04. The van der Waals surface area contributed by atoms with Crippen molar-refractivity contribution in [3.8, 4) is 28.7 Å². The quantitative estimate of drug-likeness (QED) is 0.740. The van der Waals surface area contributed by atoms with Gasteiger partial charge in [-0.1, -0.05) is 12.2 Å². The molecule has 0 radical (unpaired) electrons. The number of aromatic hydroxyl groups is 3. The summed E-state index contributed by atoms with van der Waals surface area (Å²) in [5.74, 6) is 0.186. The maximum atomic E-state index is 9.46. The highest BCUT2D eigenvalue weighted by Crippen LogP contribution is 2.35. The van der Waals surface area contributed by atoms with Gasteiger partial charge in [-0.25, -0.2) is 0 Å². The van der Waals surface area contributed by atoms with Gasteiger partial charge in [0.2, 0.25) is 0 Å². The molecule has 0 aliphatic heterocycles. The fraction of sp³-hybridized carbons (Fsp3) is 0.176. The van der Waals surface area contributed by atoms with Crippen LogP contribution in [0.3, 0.4) is 0 Å². The summed E-state index contributed by atoms with van der Waals surface area (Å²) in [7, 11) is 3.19. The minimum absolute atomic E-state index is 0.359. The first-order valence-corrected chi connectivity index (χ1v) is 6.67. The second kappa shape index (κ2) is 6.76. The summed E-state index contributed by atoms with van der Waals surface area (Å²) in [6.07, 6.45) is 4.24. The van der Waals surface area contributed by atoms with Gasteiger partial charge in [-0.3, -0.25) is 0 Å². The Morgan fingerprint density at radius 2 is 1.41 bits per heavy atom. The molecule has 2 aromatic carbocycles. The van der Waals surface area contributed by atoms with Crippen molar-refractivity contribution >= 4 is 6.08 Å². The molecule has 3 N–H and O–H groups in total. The van der Waals surface area contributed by atoms with E-state index in [0.717, 1.165) is 5.56 Å². The van der Waals surface area contributed by atoms with E-state index in [-0.39, 0.29) is 11.5 Å². The van der Waals surface area contributed by atoms with Gasteiger partial charge in [0, 0.05) is 6.07 Å². The van der Waals surface area contributed by atoms with Crippen LogP contribution in [0.15, 0.2) is 36.4 Å². The highest BCUT2D eigenvalue weighted by atomic mass is 16.5. The molecule has 0 saturated heterocycles. The van der Waals surface area contributed by atoms with Crippen molar-refractivity contribution in [3.05, 3.63) is 47.5 Å². The molecule has 0 spiro atoms. The van der Waals surface area contributed by atoms with Crippen molar-refractivity contribution in [1.29, 1.82) is 0 Å². The van der Waals surface area contributed by atoms with Gasteiger partial charge in [0.25, 0.3) is 0 Å². The van der Waals surface area contributed by atoms with E-state index in [2.05, 4.69) is 0 Å². The van der Waals surface area contributed by atoms with Crippen LogP contribution < -0.4 is 9.47 Å². The fourth-order valence-corrected chi connectivity index (χ4v) is 2.04. The van der Waals surface area contributed by atoms with Crippen LogP contribution in [0, 0.1) is 0 Å². The Kier molecular flexibility index (Phi) is 4.78. The van der Waals surface area contributed by atoms with Gasteiger partial charge in [-0.15, -0.1) is 0 Å². The van der Waals surface area contributed by atoms with E-state index in [1.165, 1.54) is 12.1 Å². The Bertz CT molecular complexity index is 646. The van der Waals surface area contributed by atoms with E-state index < -0.39 is 5.75 Å². The predicted molar refractivity (Wildman–Crippen MR) is 83.7 cm³/mol. The van der Waals surface area contributed by atoms with Crippen LogP contribution in [0.5, 0.6) is 28.7 Å². The number of benzene rings is 2. The van der Waals surface area contributed by atoms with E-state index in [4.69, 9.17) is 9.47 Å². The Labute approximate surface area is 128 Å². The number of methoxy groups -OCH3 is 2. The molecule has 0 fully saturated rings. The molecule has 0 heterocycles. The molecule has 5 nitrogen and oxygen atoms in total. The third kappa shape index (κ3) is 3.63. The number of ether oxygens (including phenoxy) is 2. The van der Waals surface area contributed by atoms with Crippen molar-refractivity contribution in [3.63, 3.8) is 0 Å². The summed E-state index contributed by atoms with van der Waals surface area (Å²) in [6, 6.07) is 8.34. The molecule has 116 valence electrons. The van der Waals surface area contributed by atoms with Crippen LogP contribution in [-0.2, 0) is 6.42 Å². The van der Waals surface area contributed by atoms with E-state index in [1.807, 2.05) is 18.2 Å². The number of phenols is 3. The molecule has 0 amide bonds. The SMILES string of the molecule is COc1cc(C/C=C/c2cc(O)c(O)c(O)c2)cc(OC)c1. The highest BCUT2D eigenvalue weighted by molar-refractivity contribution is 5.60. The molecule has 0 atom stereocenters. The van der Waals surface area contributed by atoms with Crippen molar-refractivity contribution in [2.75, 3.05) is 14.2 Å². The average Bonchev–Trinajstić information content (AvgIpc) is 2.52. The third-order valence-electron chi connectivity index (χ3n) is 3.17. The average molecular weight is 302 g/mol. The van der Waals surface area contributed by atoms with Gasteiger partial charge in [0.15, 0.2) is 17.2 Å². The third-order valence-corrected chi connectivity index (χ3v) is 3.17. The van der Waals surface area contributed by atoms with Crippen LogP contribution >= 0.6 is 0 Å². The van der Waals surface area contributed by atoms with Gasteiger partial charge >= 0.3 is 0 Å². The molecule has 22 heavy (non-hydrogen) atoms. The molecule has 5 heteroatoms. The van der Waals surface area contributed by atoms with Crippen LogP contribution in [0.1, 0.15) is 11.1 Å². The number of phenolic OH excluding ortho intramolecular Hbond substituents is 3. The highest BCUT2D eigenvalue weighted by Gasteiger charge is 2.06. The van der Waals surface area contributed by atoms with Crippen LogP contribution in [0.25, 0.3) is 6.08 Å². The molecule has 2 rings (SSSR count). The number of hydrogen-bond donors (Lipinski definition) is 3. The molecular weight excluding hydrogens is 284 g/mol.